The number of rotatable bonds is 3. The number of carbonyl (C=O) groups excluding carboxylic acids is 1. The molecule has 4 rings (SSSR count). The predicted octanol–water partition coefficient (Wildman–Crippen LogP) is 1.64. The van der Waals surface area contributed by atoms with Crippen LogP contribution in [0.5, 0.6) is 0 Å². The maximum Gasteiger partial charge on any atom is 0.276 e. The second kappa shape index (κ2) is 6.74. The summed E-state index contributed by atoms with van der Waals surface area (Å²) in [5, 5.41) is 3.77. The number of aromatic nitrogens is 1. The van der Waals surface area contributed by atoms with Gasteiger partial charge in [-0.05, 0) is 19.1 Å². The number of carbonyl (C=O) groups is 1. The van der Waals surface area contributed by atoms with Crippen molar-refractivity contribution in [2.45, 2.75) is 30.4 Å². The molecule has 0 saturated carbocycles. The third-order valence-electron chi connectivity index (χ3n) is 5.13. The van der Waals surface area contributed by atoms with Crippen LogP contribution in [0, 0.1) is 6.92 Å². The lowest BCUT2D eigenvalue weighted by molar-refractivity contribution is -0.0857. The number of ether oxygens (including phenoxy) is 1. The largest absolute Gasteiger partial charge is 0.361 e. The lowest BCUT2D eigenvalue weighted by atomic mass is 10.0. The van der Waals surface area contributed by atoms with Gasteiger partial charge in [-0.15, -0.1) is 0 Å². The highest BCUT2D eigenvalue weighted by atomic mass is 32.2. The van der Waals surface area contributed by atoms with Crippen molar-refractivity contribution < 1.29 is 22.5 Å². The number of nitrogens with zero attached hydrogens (tertiary/aromatic N) is 3. The molecule has 144 valence electrons. The molecule has 1 spiro atoms. The lowest BCUT2D eigenvalue weighted by Crippen LogP contribution is -2.55. The van der Waals surface area contributed by atoms with Gasteiger partial charge in [0.1, 0.15) is 11.5 Å². The molecule has 1 amide bonds. The van der Waals surface area contributed by atoms with Crippen LogP contribution in [-0.2, 0) is 14.8 Å². The highest BCUT2D eigenvalue weighted by molar-refractivity contribution is 7.89. The zero-order valence-corrected chi connectivity index (χ0v) is 15.8. The van der Waals surface area contributed by atoms with E-state index < -0.39 is 15.7 Å². The number of amides is 1. The Hall–Kier alpha value is -2.23. The summed E-state index contributed by atoms with van der Waals surface area (Å²) in [6, 6.07) is 9.98. The number of sulfonamides is 1. The first-order chi connectivity index (χ1) is 12.9. The molecule has 0 bridgehead atoms. The molecule has 2 aliphatic heterocycles. The van der Waals surface area contributed by atoms with Crippen LogP contribution in [0.3, 0.4) is 0 Å². The minimum Gasteiger partial charge on any atom is -0.361 e. The first-order valence-corrected chi connectivity index (χ1v) is 10.3. The molecular formula is C18H21N3O5S. The van der Waals surface area contributed by atoms with Crippen LogP contribution in [0.2, 0.25) is 0 Å². The summed E-state index contributed by atoms with van der Waals surface area (Å²) in [6.07, 6.45) is 0.837. The van der Waals surface area contributed by atoms with Crippen LogP contribution in [0.1, 0.15) is 29.1 Å². The molecule has 2 fully saturated rings. The van der Waals surface area contributed by atoms with Gasteiger partial charge in [-0.1, -0.05) is 23.4 Å². The van der Waals surface area contributed by atoms with E-state index in [0.717, 1.165) is 0 Å². The van der Waals surface area contributed by atoms with E-state index in [4.69, 9.17) is 9.26 Å². The fraction of sp³-hybridized carbons (Fsp3) is 0.444. The van der Waals surface area contributed by atoms with E-state index in [0.29, 0.717) is 44.8 Å². The number of hydrogen-bond acceptors (Lipinski definition) is 6. The zero-order valence-electron chi connectivity index (χ0n) is 15.0. The van der Waals surface area contributed by atoms with E-state index in [1.165, 1.54) is 4.31 Å². The van der Waals surface area contributed by atoms with Crippen LogP contribution in [0.15, 0.2) is 45.8 Å². The molecular weight excluding hydrogens is 370 g/mol. The van der Waals surface area contributed by atoms with Gasteiger partial charge in [-0.3, -0.25) is 4.79 Å². The average Bonchev–Trinajstić information content (AvgIpc) is 3.29. The zero-order chi connectivity index (χ0) is 19.1. The molecule has 1 aromatic heterocycles. The summed E-state index contributed by atoms with van der Waals surface area (Å²) in [7, 11) is -3.66. The Bertz CT molecular complexity index is 933. The summed E-state index contributed by atoms with van der Waals surface area (Å²) in [6.45, 7) is 3.18. The summed E-state index contributed by atoms with van der Waals surface area (Å²) in [5.74, 6) is 0.364. The molecule has 1 aromatic carbocycles. The van der Waals surface area contributed by atoms with Crippen molar-refractivity contribution in [1.82, 2.24) is 14.4 Å². The molecule has 2 aromatic rings. The Kier molecular flexibility index (Phi) is 4.53. The standard InChI is InChI=1S/C18H21N3O5S/c1-14-13-16(19-26-14)17(22)20-9-7-18(8-10-20)21(11-12-25-18)27(23,24)15-5-3-2-4-6-15/h2-6,13H,7-12H2,1H3. The molecule has 0 radical (unpaired) electrons. The van der Waals surface area contributed by atoms with E-state index in [2.05, 4.69) is 5.16 Å². The van der Waals surface area contributed by atoms with E-state index >= 15 is 0 Å². The monoisotopic (exact) mass is 391 g/mol. The second-order valence-electron chi connectivity index (χ2n) is 6.80. The molecule has 0 atom stereocenters. The van der Waals surface area contributed by atoms with Gasteiger partial charge >= 0.3 is 0 Å². The SMILES string of the molecule is Cc1cc(C(=O)N2CCC3(CC2)OCCN3S(=O)(=O)c2ccccc2)no1. The molecule has 8 nitrogen and oxygen atoms in total. The van der Waals surface area contributed by atoms with Crippen LogP contribution in [0.4, 0.5) is 0 Å². The molecule has 2 saturated heterocycles. The Balaban J connectivity index is 1.52. The van der Waals surface area contributed by atoms with E-state index in [1.54, 1.807) is 48.2 Å². The average molecular weight is 391 g/mol. The molecule has 0 N–H and O–H groups in total. The van der Waals surface area contributed by atoms with Crippen molar-refractivity contribution in [3.05, 3.63) is 47.9 Å². The molecule has 9 heteroatoms. The lowest BCUT2D eigenvalue weighted by Gasteiger charge is -2.42. The number of aryl methyl sites for hydroxylation is 1. The number of hydrogen-bond donors (Lipinski definition) is 0. The van der Waals surface area contributed by atoms with Gasteiger partial charge in [0.05, 0.1) is 11.5 Å². The van der Waals surface area contributed by atoms with Gasteiger partial charge in [0, 0.05) is 38.5 Å². The number of benzene rings is 1. The van der Waals surface area contributed by atoms with Crippen molar-refractivity contribution in [2.24, 2.45) is 0 Å². The fourth-order valence-electron chi connectivity index (χ4n) is 3.74. The molecule has 3 heterocycles. The van der Waals surface area contributed by atoms with Crippen LogP contribution < -0.4 is 0 Å². The van der Waals surface area contributed by atoms with Crippen molar-refractivity contribution in [3.8, 4) is 0 Å². The Morgan fingerprint density at radius 1 is 1.15 bits per heavy atom. The Morgan fingerprint density at radius 2 is 1.85 bits per heavy atom. The van der Waals surface area contributed by atoms with Crippen LogP contribution in [-0.4, -0.2) is 60.7 Å². The first kappa shape index (κ1) is 18.1. The highest BCUT2D eigenvalue weighted by Gasteiger charge is 2.51. The third-order valence-corrected chi connectivity index (χ3v) is 7.09. The van der Waals surface area contributed by atoms with E-state index in [-0.39, 0.29) is 16.5 Å². The van der Waals surface area contributed by atoms with E-state index in [1.807, 2.05) is 0 Å². The molecule has 27 heavy (non-hydrogen) atoms. The van der Waals surface area contributed by atoms with Crippen molar-refractivity contribution in [1.29, 1.82) is 0 Å². The predicted molar refractivity (Wildman–Crippen MR) is 95.4 cm³/mol. The summed E-state index contributed by atoms with van der Waals surface area (Å²) in [5.41, 5.74) is -0.630. The minimum absolute atomic E-state index is 0.211. The van der Waals surface area contributed by atoms with E-state index in [9.17, 15) is 13.2 Å². The van der Waals surface area contributed by atoms with Gasteiger partial charge < -0.3 is 14.2 Å². The Labute approximate surface area is 157 Å². The van der Waals surface area contributed by atoms with Gasteiger partial charge in [0.2, 0.25) is 10.0 Å². The Morgan fingerprint density at radius 3 is 2.48 bits per heavy atom. The van der Waals surface area contributed by atoms with Gasteiger partial charge in [-0.25, -0.2) is 8.42 Å². The van der Waals surface area contributed by atoms with Crippen molar-refractivity contribution >= 4 is 15.9 Å². The first-order valence-electron chi connectivity index (χ1n) is 8.87. The van der Waals surface area contributed by atoms with Gasteiger partial charge in [0.15, 0.2) is 5.69 Å². The maximum absolute atomic E-state index is 13.1. The molecule has 0 aliphatic carbocycles. The maximum atomic E-state index is 13.1. The molecule has 0 unspecified atom stereocenters. The fourth-order valence-corrected chi connectivity index (χ4v) is 5.48. The summed E-state index contributed by atoms with van der Waals surface area (Å²) >= 11 is 0. The number of likely N-dealkylation sites (tertiary alicyclic amines) is 1. The summed E-state index contributed by atoms with van der Waals surface area (Å²) < 4.78 is 38.5. The van der Waals surface area contributed by atoms with Crippen LogP contribution >= 0.6 is 0 Å². The second-order valence-corrected chi connectivity index (χ2v) is 8.66. The molecule has 2 aliphatic rings. The highest BCUT2D eigenvalue weighted by Crippen LogP contribution is 2.38. The normalized spacial score (nSPS) is 20.3. The smallest absolute Gasteiger partial charge is 0.276 e. The van der Waals surface area contributed by atoms with Gasteiger partial charge in [-0.2, -0.15) is 4.31 Å². The topological polar surface area (TPSA) is 93.0 Å². The van der Waals surface area contributed by atoms with Crippen LogP contribution in [0.25, 0.3) is 0 Å². The number of piperidine rings is 1. The third kappa shape index (κ3) is 3.15. The van der Waals surface area contributed by atoms with Crippen molar-refractivity contribution in [2.75, 3.05) is 26.2 Å². The summed E-state index contributed by atoms with van der Waals surface area (Å²) in [4.78, 5) is 14.5. The quantitative estimate of drug-likeness (QED) is 0.790. The van der Waals surface area contributed by atoms with Gasteiger partial charge in [0.25, 0.3) is 5.91 Å². The minimum atomic E-state index is -3.66. The van der Waals surface area contributed by atoms with Crippen molar-refractivity contribution in [3.63, 3.8) is 0 Å².